The summed E-state index contributed by atoms with van der Waals surface area (Å²) in [6, 6.07) is 1.73. The van der Waals surface area contributed by atoms with Gasteiger partial charge in [-0.2, -0.15) is 0 Å². The van der Waals surface area contributed by atoms with E-state index in [9.17, 15) is 8.42 Å². The number of nitrogens with zero attached hydrogens (tertiary/aromatic N) is 2. The quantitative estimate of drug-likeness (QED) is 0.929. The summed E-state index contributed by atoms with van der Waals surface area (Å²) in [7, 11) is -2.20. The number of rotatable bonds is 4. The highest BCUT2D eigenvalue weighted by Gasteiger charge is 2.24. The maximum Gasteiger partial charge on any atom is 0.263 e. The fourth-order valence-electron chi connectivity index (χ4n) is 2.52. The van der Waals surface area contributed by atoms with Crippen LogP contribution in [0.5, 0.6) is 5.75 Å². The first kappa shape index (κ1) is 17.2. The van der Waals surface area contributed by atoms with Crippen molar-refractivity contribution in [3.63, 3.8) is 0 Å². The Labute approximate surface area is 137 Å². The molecule has 0 aliphatic rings. The van der Waals surface area contributed by atoms with Gasteiger partial charge in [0, 0.05) is 0 Å². The van der Waals surface area contributed by atoms with Crippen LogP contribution in [0, 0.1) is 34.6 Å². The summed E-state index contributed by atoms with van der Waals surface area (Å²) in [4.78, 5) is 8.61. The molecule has 0 amide bonds. The molecule has 0 saturated carbocycles. The van der Waals surface area contributed by atoms with Gasteiger partial charge < -0.3 is 4.74 Å². The van der Waals surface area contributed by atoms with Crippen molar-refractivity contribution in [2.24, 2.45) is 0 Å². The molecule has 1 heterocycles. The fraction of sp³-hybridized carbons (Fsp3) is 0.375. The lowest BCUT2D eigenvalue weighted by atomic mass is 10.1. The average Bonchev–Trinajstić information content (AvgIpc) is 2.45. The molecule has 7 heteroatoms. The second-order valence-corrected chi connectivity index (χ2v) is 7.14. The standard InChI is InChI=1S/C16H21N3O3S/c1-9-7-14(22-6)11(3)12(4)15(9)23(20,21)19-16-13(5)18-10(2)8-17-16/h7-8H,1-6H3,(H,17,19). The average molecular weight is 335 g/mol. The predicted octanol–water partition coefficient (Wildman–Crippen LogP) is 2.83. The summed E-state index contributed by atoms with van der Waals surface area (Å²) in [6.07, 6.45) is 1.53. The number of methoxy groups -OCH3 is 1. The Bertz CT molecular complexity index is 861. The Kier molecular flexibility index (Phi) is 4.61. The molecule has 0 radical (unpaired) electrons. The van der Waals surface area contributed by atoms with E-state index in [0.29, 0.717) is 22.6 Å². The molecule has 0 aliphatic carbocycles. The van der Waals surface area contributed by atoms with Crippen molar-refractivity contribution in [1.82, 2.24) is 9.97 Å². The Morgan fingerprint density at radius 1 is 1.09 bits per heavy atom. The maximum absolute atomic E-state index is 12.8. The molecule has 1 aromatic carbocycles. The minimum Gasteiger partial charge on any atom is -0.496 e. The van der Waals surface area contributed by atoms with Crippen LogP contribution in [0.4, 0.5) is 5.82 Å². The molecule has 0 aliphatic heterocycles. The smallest absolute Gasteiger partial charge is 0.263 e. The van der Waals surface area contributed by atoms with E-state index in [1.54, 1.807) is 40.9 Å². The van der Waals surface area contributed by atoms with Gasteiger partial charge in [-0.05, 0) is 57.4 Å². The van der Waals surface area contributed by atoms with Gasteiger partial charge in [0.05, 0.1) is 29.6 Å². The number of sulfonamides is 1. The van der Waals surface area contributed by atoms with E-state index in [1.165, 1.54) is 6.20 Å². The molecule has 0 unspecified atom stereocenters. The van der Waals surface area contributed by atoms with Gasteiger partial charge in [-0.1, -0.05) is 0 Å². The first-order valence-electron chi connectivity index (χ1n) is 7.15. The van der Waals surface area contributed by atoms with Crippen LogP contribution in [-0.4, -0.2) is 25.5 Å². The molecule has 2 rings (SSSR count). The number of nitrogens with one attached hydrogen (secondary N) is 1. The van der Waals surface area contributed by atoms with Crippen molar-refractivity contribution in [3.05, 3.63) is 40.3 Å². The van der Waals surface area contributed by atoms with E-state index < -0.39 is 10.0 Å². The molecule has 0 spiro atoms. The van der Waals surface area contributed by atoms with E-state index in [2.05, 4.69) is 14.7 Å². The first-order chi connectivity index (χ1) is 10.7. The minimum atomic E-state index is -3.77. The van der Waals surface area contributed by atoms with Gasteiger partial charge >= 0.3 is 0 Å². The molecular weight excluding hydrogens is 314 g/mol. The largest absolute Gasteiger partial charge is 0.496 e. The third-order valence-corrected chi connectivity index (χ3v) is 5.39. The third kappa shape index (κ3) is 3.29. The van der Waals surface area contributed by atoms with Crippen molar-refractivity contribution in [2.75, 3.05) is 11.8 Å². The van der Waals surface area contributed by atoms with Crippen LogP contribution in [0.15, 0.2) is 17.2 Å². The topological polar surface area (TPSA) is 81.2 Å². The van der Waals surface area contributed by atoms with Crippen LogP contribution in [0.3, 0.4) is 0 Å². The second kappa shape index (κ2) is 6.16. The van der Waals surface area contributed by atoms with Gasteiger partial charge in [-0.25, -0.2) is 13.4 Å². The Morgan fingerprint density at radius 3 is 2.30 bits per heavy atom. The number of aromatic nitrogens is 2. The zero-order chi connectivity index (χ0) is 17.4. The molecule has 2 aromatic rings. The number of hydrogen-bond donors (Lipinski definition) is 1. The van der Waals surface area contributed by atoms with Gasteiger partial charge in [0.1, 0.15) is 5.75 Å². The number of aryl methyl sites for hydroxylation is 3. The lowest BCUT2D eigenvalue weighted by Crippen LogP contribution is -2.18. The molecule has 1 aromatic heterocycles. The fourth-order valence-corrected chi connectivity index (χ4v) is 4.12. The monoisotopic (exact) mass is 335 g/mol. The molecule has 1 N–H and O–H groups in total. The van der Waals surface area contributed by atoms with Gasteiger partial charge in [-0.3, -0.25) is 9.71 Å². The van der Waals surface area contributed by atoms with E-state index in [4.69, 9.17) is 4.74 Å². The van der Waals surface area contributed by atoms with Gasteiger partial charge in [-0.15, -0.1) is 0 Å². The van der Waals surface area contributed by atoms with Crippen LogP contribution >= 0.6 is 0 Å². The molecule has 0 fully saturated rings. The molecule has 23 heavy (non-hydrogen) atoms. The second-order valence-electron chi connectivity index (χ2n) is 5.53. The van der Waals surface area contributed by atoms with Crippen molar-refractivity contribution in [1.29, 1.82) is 0 Å². The minimum absolute atomic E-state index is 0.239. The van der Waals surface area contributed by atoms with Gasteiger partial charge in [0.2, 0.25) is 0 Å². The zero-order valence-electron chi connectivity index (χ0n) is 14.2. The lowest BCUT2D eigenvalue weighted by Gasteiger charge is -2.17. The normalized spacial score (nSPS) is 11.4. The Morgan fingerprint density at radius 2 is 1.74 bits per heavy atom. The molecule has 6 nitrogen and oxygen atoms in total. The highest BCUT2D eigenvalue weighted by Crippen LogP contribution is 2.31. The van der Waals surface area contributed by atoms with E-state index in [0.717, 1.165) is 11.3 Å². The first-order valence-corrected chi connectivity index (χ1v) is 8.63. The van der Waals surface area contributed by atoms with Crippen LogP contribution in [-0.2, 0) is 10.0 Å². The molecular formula is C16H21N3O3S. The van der Waals surface area contributed by atoms with Crippen molar-refractivity contribution in [3.8, 4) is 5.75 Å². The molecule has 0 saturated heterocycles. The van der Waals surface area contributed by atoms with Gasteiger partial charge in [0.25, 0.3) is 10.0 Å². The summed E-state index contributed by atoms with van der Waals surface area (Å²) >= 11 is 0. The summed E-state index contributed by atoms with van der Waals surface area (Å²) in [5, 5.41) is 0. The SMILES string of the molecule is COc1cc(C)c(S(=O)(=O)Nc2ncc(C)nc2C)c(C)c1C. The Balaban J connectivity index is 2.54. The van der Waals surface area contributed by atoms with Crippen LogP contribution in [0.2, 0.25) is 0 Å². The number of ether oxygens (including phenoxy) is 1. The van der Waals surface area contributed by atoms with Crippen molar-refractivity contribution >= 4 is 15.8 Å². The van der Waals surface area contributed by atoms with Gasteiger partial charge in [0.15, 0.2) is 5.82 Å². The van der Waals surface area contributed by atoms with Crippen molar-refractivity contribution < 1.29 is 13.2 Å². The third-order valence-electron chi connectivity index (χ3n) is 3.77. The zero-order valence-corrected chi connectivity index (χ0v) is 15.0. The summed E-state index contributed by atoms with van der Waals surface area (Å²) < 4.78 is 33.4. The van der Waals surface area contributed by atoms with Crippen LogP contribution < -0.4 is 9.46 Å². The summed E-state index contributed by atoms with van der Waals surface area (Å²) in [5.41, 5.74) is 3.35. The Hall–Kier alpha value is -2.15. The van der Waals surface area contributed by atoms with E-state index in [-0.39, 0.29) is 10.7 Å². The highest BCUT2D eigenvalue weighted by molar-refractivity contribution is 7.92. The maximum atomic E-state index is 12.8. The van der Waals surface area contributed by atoms with E-state index in [1.807, 2.05) is 6.92 Å². The molecule has 0 bridgehead atoms. The lowest BCUT2D eigenvalue weighted by molar-refractivity contribution is 0.410. The summed E-state index contributed by atoms with van der Waals surface area (Å²) in [6.45, 7) is 8.88. The predicted molar refractivity (Wildman–Crippen MR) is 89.5 cm³/mol. The van der Waals surface area contributed by atoms with Crippen LogP contribution in [0.25, 0.3) is 0 Å². The number of hydrogen-bond acceptors (Lipinski definition) is 5. The molecule has 0 atom stereocenters. The van der Waals surface area contributed by atoms with Crippen molar-refractivity contribution in [2.45, 2.75) is 39.5 Å². The van der Waals surface area contributed by atoms with Crippen LogP contribution in [0.1, 0.15) is 28.1 Å². The molecule has 124 valence electrons. The number of benzene rings is 1. The highest BCUT2D eigenvalue weighted by atomic mass is 32.2. The number of anilines is 1. The summed E-state index contributed by atoms with van der Waals surface area (Å²) in [5.74, 6) is 0.910. The van der Waals surface area contributed by atoms with E-state index >= 15 is 0 Å².